The topological polar surface area (TPSA) is 42.3 Å². The van der Waals surface area contributed by atoms with Crippen LogP contribution in [-0.4, -0.2) is 17.3 Å². The highest BCUT2D eigenvalue weighted by atomic mass is 32.2. The normalized spacial score (nSPS) is 16.4. The molecule has 0 radical (unpaired) electrons. The third-order valence-corrected chi connectivity index (χ3v) is 7.53. The number of aryl methyl sites for hydroxylation is 1. The number of nitrogens with zero attached hydrogens (tertiary/aromatic N) is 2. The average Bonchev–Trinajstić information content (AvgIpc) is 3.19. The molecule has 1 aliphatic rings. The first-order valence-electron chi connectivity index (χ1n) is 10.0. The van der Waals surface area contributed by atoms with E-state index in [0.29, 0.717) is 0 Å². The van der Waals surface area contributed by atoms with Gasteiger partial charge in [-0.2, -0.15) is 4.31 Å². The van der Waals surface area contributed by atoms with Gasteiger partial charge in [-0.3, -0.25) is 0 Å². The third kappa shape index (κ3) is 3.38. The second kappa shape index (κ2) is 7.48. The SMILES string of the molecule is Cc1ccc(C2c3cccn3-c3ccccc3CN2S(=O)(=O)c2cccc(F)c2)cc1. The summed E-state index contributed by atoms with van der Waals surface area (Å²) in [5, 5.41) is 0. The third-order valence-electron chi connectivity index (χ3n) is 5.72. The fraction of sp³-hybridized carbons (Fsp3) is 0.120. The van der Waals surface area contributed by atoms with Gasteiger partial charge in [0.15, 0.2) is 0 Å². The van der Waals surface area contributed by atoms with Gasteiger partial charge in [0.1, 0.15) is 5.82 Å². The predicted molar refractivity (Wildman–Crippen MR) is 118 cm³/mol. The van der Waals surface area contributed by atoms with Crippen molar-refractivity contribution in [3.05, 3.63) is 119 Å². The summed E-state index contributed by atoms with van der Waals surface area (Å²) in [5.41, 5.74) is 4.62. The Labute approximate surface area is 181 Å². The van der Waals surface area contributed by atoms with Crippen LogP contribution in [0, 0.1) is 12.7 Å². The molecule has 0 spiro atoms. The van der Waals surface area contributed by atoms with Gasteiger partial charge in [-0.25, -0.2) is 12.8 Å². The lowest BCUT2D eigenvalue weighted by Gasteiger charge is -2.30. The van der Waals surface area contributed by atoms with Crippen molar-refractivity contribution in [2.24, 2.45) is 0 Å². The molecule has 0 saturated heterocycles. The Hall–Kier alpha value is -3.22. The van der Waals surface area contributed by atoms with E-state index in [2.05, 4.69) is 0 Å². The van der Waals surface area contributed by atoms with E-state index in [-0.39, 0.29) is 11.4 Å². The van der Waals surface area contributed by atoms with Crippen LogP contribution < -0.4 is 0 Å². The molecule has 3 aromatic carbocycles. The number of sulfonamides is 1. The molecule has 6 heteroatoms. The van der Waals surface area contributed by atoms with Gasteiger partial charge in [-0.15, -0.1) is 0 Å². The van der Waals surface area contributed by atoms with Crippen molar-refractivity contribution in [1.29, 1.82) is 0 Å². The van der Waals surface area contributed by atoms with Gasteiger partial charge in [0.25, 0.3) is 0 Å². The molecule has 5 rings (SSSR count). The number of benzene rings is 3. The fourth-order valence-electron chi connectivity index (χ4n) is 4.19. The maximum atomic E-state index is 14.0. The molecule has 156 valence electrons. The lowest BCUT2D eigenvalue weighted by atomic mass is 10.0. The Morgan fingerprint density at radius 2 is 1.68 bits per heavy atom. The van der Waals surface area contributed by atoms with Gasteiger partial charge in [-0.1, -0.05) is 54.1 Å². The van der Waals surface area contributed by atoms with Gasteiger partial charge in [0, 0.05) is 24.1 Å². The fourth-order valence-corrected chi connectivity index (χ4v) is 5.79. The minimum atomic E-state index is -4.00. The summed E-state index contributed by atoms with van der Waals surface area (Å²) in [6.45, 7) is 2.17. The van der Waals surface area contributed by atoms with E-state index in [1.165, 1.54) is 22.5 Å². The molecule has 0 bridgehead atoms. The number of aromatic nitrogens is 1. The molecular weight excluding hydrogens is 411 g/mol. The highest BCUT2D eigenvalue weighted by molar-refractivity contribution is 7.89. The number of hydrogen-bond donors (Lipinski definition) is 0. The average molecular weight is 433 g/mol. The van der Waals surface area contributed by atoms with Crippen LogP contribution in [0.3, 0.4) is 0 Å². The maximum Gasteiger partial charge on any atom is 0.244 e. The van der Waals surface area contributed by atoms with E-state index in [0.717, 1.165) is 34.1 Å². The first-order valence-corrected chi connectivity index (χ1v) is 11.5. The number of hydrogen-bond acceptors (Lipinski definition) is 2. The molecule has 0 aliphatic carbocycles. The molecule has 1 aliphatic heterocycles. The molecule has 1 unspecified atom stereocenters. The molecule has 31 heavy (non-hydrogen) atoms. The van der Waals surface area contributed by atoms with Gasteiger partial charge in [0.05, 0.1) is 10.9 Å². The van der Waals surface area contributed by atoms with Crippen LogP contribution in [0.25, 0.3) is 5.69 Å². The van der Waals surface area contributed by atoms with Crippen LogP contribution in [0.15, 0.2) is 96.0 Å². The van der Waals surface area contributed by atoms with Gasteiger partial charge >= 0.3 is 0 Å². The number of fused-ring (bicyclic) bond motifs is 3. The molecular formula is C25H21FN2O2S. The molecule has 4 aromatic rings. The Morgan fingerprint density at radius 3 is 2.45 bits per heavy atom. The van der Waals surface area contributed by atoms with Crippen molar-refractivity contribution in [2.45, 2.75) is 24.4 Å². The van der Waals surface area contributed by atoms with Crippen LogP contribution in [-0.2, 0) is 16.6 Å². The summed E-state index contributed by atoms with van der Waals surface area (Å²) in [7, 11) is -4.00. The number of halogens is 1. The monoisotopic (exact) mass is 432 g/mol. The largest absolute Gasteiger partial charge is 0.319 e. The van der Waals surface area contributed by atoms with E-state index in [9.17, 15) is 12.8 Å². The molecule has 0 N–H and O–H groups in total. The van der Waals surface area contributed by atoms with Gasteiger partial charge in [-0.05, 0) is 54.4 Å². The highest BCUT2D eigenvalue weighted by Gasteiger charge is 2.38. The maximum absolute atomic E-state index is 14.0. The van der Waals surface area contributed by atoms with Crippen LogP contribution in [0.1, 0.15) is 28.4 Å². The Bertz CT molecular complexity index is 1360. The zero-order chi connectivity index (χ0) is 21.6. The lowest BCUT2D eigenvalue weighted by Crippen LogP contribution is -2.34. The first-order chi connectivity index (χ1) is 14.9. The van der Waals surface area contributed by atoms with E-state index in [1.54, 1.807) is 0 Å². The van der Waals surface area contributed by atoms with Gasteiger partial charge < -0.3 is 4.57 Å². The molecule has 1 aromatic heterocycles. The van der Waals surface area contributed by atoms with E-state index in [4.69, 9.17) is 0 Å². The molecule has 0 amide bonds. The quantitative estimate of drug-likeness (QED) is 0.446. The summed E-state index contributed by atoms with van der Waals surface area (Å²) in [4.78, 5) is -0.0536. The van der Waals surface area contributed by atoms with Crippen molar-refractivity contribution in [2.75, 3.05) is 0 Å². The standard InChI is InChI=1S/C25H21FN2O2S/c1-18-11-13-19(14-12-18)25-24-10-5-15-27(24)23-9-3-2-6-20(23)17-28(25)31(29,30)22-8-4-7-21(26)16-22/h2-16,25H,17H2,1H3. The molecule has 2 heterocycles. The predicted octanol–water partition coefficient (Wildman–Crippen LogP) is 5.22. The van der Waals surface area contributed by atoms with E-state index < -0.39 is 21.9 Å². The van der Waals surface area contributed by atoms with E-state index in [1.807, 2.05) is 78.4 Å². The summed E-state index contributed by atoms with van der Waals surface area (Å²) >= 11 is 0. The van der Waals surface area contributed by atoms with Crippen molar-refractivity contribution in [3.8, 4) is 5.69 Å². The number of rotatable bonds is 3. The Kier molecular flexibility index (Phi) is 4.76. The first kappa shape index (κ1) is 19.7. The molecule has 4 nitrogen and oxygen atoms in total. The minimum Gasteiger partial charge on any atom is -0.319 e. The van der Waals surface area contributed by atoms with Crippen molar-refractivity contribution in [1.82, 2.24) is 8.87 Å². The van der Waals surface area contributed by atoms with Crippen molar-refractivity contribution < 1.29 is 12.8 Å². The lowest BCUT2D eigenvalue weighted by molar-refractivity contribution is 0.353. The second-order valence-electron chi connectivity index (χ2n) is 7.75. The number of para-hydroxylation sites is 1. The second-order valence-corrected chi connectivity index (χ2v) is 9.64. The Balaban J connectivity index is 1.77. The molecule has 0 fully saturated rings. The minimum absolute atomic E-state index is 0.0536. The van der Waals surface area contributed by atoms with Crippen LogP contribution in [0.5, 0.6) is 0 Å². The zero-order valence-corrected chi connectivity index (χ0v) is 17.8. The summed E-state index contributed by atoms with van der Waals surface area (Å²) in [5.74, 6) is -0.577. The summed E-state index contributed by atoms with van der Waals surface area (Å²) < 4.78 is 45.1. The van der Waals surface area contributed by atoms with Crippen molar-refractivity contribution in [3.63, 3.8) is 0 Å². The zero-order valence-electron chi connectivity index (χ0n) is 16.9. The van der Waals surface area contributed by atoms with Crippen LogP contribution in [0.2, 0.25) is 0 Å². The molecule has 1 atom stereocenters. The van der Waals surface area contributed by atoms with Crippen molar-refractivity contribution >= 4 is 10.0 Å². The van der Waals surface area contributed by atoms with Crippen LogP contribution >= 0.6 is 0 Å². The smallest absolute Gasteiger partial charge is 0.244 e. The highest BCUT2D eigenvalue weighted by Crippen LogP contribution is 2.39. The molecule has 0 saturated carbocycles. The van der Waals surface area contributed by atoms with Gasteiger partial charge in [0.2, 0.25) is 10.0 Å². The summed E-state index contributed by atoms with van der Waals surface area (Å²) in [6.07, 6.45) is 1.95. The summed E-state index contributed by atoms with van der Waals surface area (Å²) in [6, 6.07) is 24.2. The van der Waals surface area contributed by atoms with E-state index >= 15 is 0 Å². The van der Waals surface area contributed by atoms with Crippen LogP contribution in [0.4, 0.5) is 4.39 Å². The Morgan fingerprint density at radius 1 is 0.903 bits per heavy atom.